The van der Waals surface area contributed by atoms with Crippen molar-refractivity contribution in [2.24, 2.45) is 0 Å². The summed E-state index contributed by atoms with van der Waals surface area (Å²) in [5.74, 6) is -1.03. The molecule has 0 atom stereocenters. The summed E-state index contributed by atoms with van der Waals surface area (Å²) in [6.45, 7) is 0.0223. The van der Waals surface area contributed by atoms with Crippen LogP contribution in [0, 0.1) is 11.6 Å². The van der Waals surface area contributed by atoms with E-state index in [1.54, 1.807) is 19.0 Å². The second kappa shape index (κ2) is 8.13. The van der Waals surface area contributed by atoms with Crippen molar-refractivity contribution in [1.82, 2.24) is 20.3 Å². The van der Waals surface area contributed by atoms with Crippen LogP contribution in [0.3, 0.4) is 0 Å². The summed E-state index contributed by atoms with van der Waals surface area (Å²) in [6.07, 6.45) is 2.29. The normalized spacial score (nSPS) is 10.8. The van der Waals surface area contributed by atoms with E-state index in [1.807, 2.05) is 0 Å². The van der Waals surface area contributed by atoms with Gasteiger partial charge >= 0.3 is 6.01 Å². The van der Waals surface area contributed by atoms with Crippen LogP contribution in [-0.4, -0.2) is 42.1 Å². The molecular weight excluding hydrogens is 332 g/mol. The highest BCUT2D eigenvalue weighted by atomic mass is 19.1. The number of halogens is 2. The van der Waals surface area contributed by atoms with Crippen molar-refractivity contribution in [2.45, 2.75) is 6.54 Å². The van der Waals surface area contributed by atoms with Crippen molar-refractivity contribution in [3.8, 4) is 6.01 Å². The van der Waals surface area contributed by atoms with Gasteiger partial charge in [0.25, 0.3) is 0 Å². The summed E-state index contributed by atoms with van der Waals surface area (Å²) < 4.78 is 31.5. The van der Waals surface area contributed by atoms with Gasteiger partial charge in [0.2, 0.25) is 11.9 Å². The van der Waals surface area contributed by atoms with E-state index in [4.69, 9.17) is 4.74 Å². The quantitative estimate of drug-likeness (QED) is 0.797. The lowest BCUT2D eigenvalue weighted by Gasteiger charge is -2.12. The Morgan fingerprint density at radius 3 is 2.72 bits per heavy atom. The van der Waals surface area contributed by atoms with Crippen molar-refractivity contribution in [3.05, 3.63) is 47.3 Å². The van der Waals surface area contributed by atoms with Crippen LogP contribution < -0.4 is 15.0 Å². The molecule has 0 aliphatic rings. The number of hydrogen-bond acceptors (Lipinski definition) is 6. The van der Waals surface area contributed by atoms with Crippen LogP contribution in [0.25, 0.3) is 6.08 Å². The van der Waals surface area contributed by atoms with Crippen molar-refractivity contribution >= 4 is 17.9 Å². The minimum Gasteiger partial charge on any atom is -0.467 e. The molecule has 0 radical (unpaired) electrons. The Bertz CT molecular complexity index is 796. The molecule has 0 saturated carbocycles. The molecule has 25 heavy (non-hydrogen) atoms. The smallest absolute Gasteiger partial charge is 0.321 e. The number of amides is 1. The molecule has 132 valence electrons. The third kappa shape index (κ3) is 5.20. The molecule has 1 heterocycles. The molecular formula is C16H17F2N5O2. The Hall–Kier alpha value is -3.10. The highest BCUT2D eigenvalue weighted by Gasteiger charge is 2.09. The second-order valence-corrected chi connectivity index (χ2v) is 5.15. The van der Waals surface area contributed by atoms with E-state index < -0.39 is 17.5 Å². The van der Waals surface area contributed by atoms with Crippen LogP contribution >= 0.6 is 0 Å². The molecule has 1 N–H and O–H groups in total. The van der Waals surface area contributed by atoms with Gasteiger partial charge < -0.3 is 15.0 Å². The Morgan fingerprint density at radius 2 is 2.04 bits per heavy atom. The molecule has 0 bridgehead atoms. The zero-order chi connectivity index (χ0) is 18.4. The maximum absolute atomic E-state index is 13.5. The van der Waals surface area contributed by atoms with E-state index >= 15 is 0 Å². The first kappa shape index (κ1) is 18.2. The van der Waals surface area contributed by atoms with E-state index in [9.17, 15) is 13.6 Å². The molecule has 0 spiro atoms. The van der Waals surface area contributed by atoms with Crippen LogP contribution in [0.4, 0.5) is 14.7 Å². The number of benzene rings is 1. The van der Waals surface area contributed by atoms with E-state index in [2.05, 4.69) is 20.3 Å². The largest absolute Gasteiger partial charge is 0.467 e. The van der Waals surface area contributed by atoms with Gasteiger partial charge in [-0.3, -0.25) is 4.79 Å². The van der Waals surface area contributed by atoms with Gasteiger partial charge in [-0.05, 0) is 24.3 Å². The van der Waals surface area contributed by atoms with Crippen LogP contribution in [0.2, 0.25) is 0 Å². The third-order valence-corrected chi connectivity index (χ3v) is 3.03. The minimum atomic E-state index is -0.622. The molecule has 1 aromatic carbocycles. The summed E-state index contributed by atoms with van der Waals surface area (Å²) in [5, 5.41) is 2.55. The van der Waals surface area contributed by atoms with E-state index in [0.717, 1.165) is 24.3 Å². The summed E-state index contributed by atoms with van der Waals surface area (Å²) in [4.78, 5) is 25.8. The number of methoxy groups -OCH3 is 1. The Balaban J connectivity index is 2.03. The SMILES string of the molecule is COc1nc(CNC(=O)/C=C/c2cc(F)ccc2F)nc(N(C)C)n1. The number of rotatable bonds is 6. The number of carbonyl (C=O) groups is 1. The number of anilines is 1. The number of aromatic nitrogens is 3. The highest BCUT2D eigenvalue weighted by molar-refractivity contribution is 5.91. The van der Waals surface area contributed by atoms with Gasteiger partial charge in [-0.15, -0.1) is 0 Å². The first-order valence-electron chi connectivity index (χ1n) is 7.26. The summed E-state index contributed by atoms with van der Waals surface area (Å²) in [5.41, 5.74) is -0.0214. The van der Waals surface area contributed by atoms with Crippen molar-refractivity contribution < 1.29 is 18.3 Å². The maximum atomic E-state index is 13.5. The lowest BCUT2D eigenvalue weighted by molar-refractivity contribution is -0.116. The molecule has 0 saturated heterocycles. The minimum absolute atomic E-state index is 0.0214. The number of ether oxygens (including phenoxy) is 1. The summed E-state index contributed by atoms with van der Waals surface area (Å²) in [6, 6.07) is 3.12. The van der Waals surface area contributed by atoms with Crippen LogP contribution in [0.5, 0.6) is 6.01 Å². The molecule has 2 rings (SSSR count). The molecule has 1 aromatic heterocycles. The van der Waals surface area contributed by atoms with Gasteiger partial charge in [0, 0.05) is 25.7 Å². The topological polar surface area (TPSA) is 80.2 Å². The first-order valence-corrected chi connectivity index (χ1v) is 7.26. The zero-order valence-corrected chi connectivity index (χ0v) is 14.0. The molecule has 0 aliphatic carbocycles. The monoisotopic (exact) mass is 349 g/mol. The lowest BCUT2D eigenvalue weighted by Crippen LogP contribution is -2.23. The van der Waals surface area contributed by atoms with Gasteiger partial charge in [0.15, 0.2) is 5.82 Å². The van der Waals surface area contributed by atoms with Gasteiger partial charge in [-0.1, -0.05) is 0 Å². The lowest BCUT2D eigenvalue weighted by atomic mass is 10.2. The average molecular weight is 349 g/mol. The molecule has 0 unspecified atom stereocenters. The fraction of sp³-hybridized carbons (Fsp3) is 0.250. The van der Waals surface area contributed by atoms with Crippen molar-refractivity contribution in [2.75, 3.05) is 26.1 Å². The summed E-state index contributed by atoms with van der Waals surface area (Å²) >= 11 is 0. The standard InChI is InChI=1S/C16H17F2N5O2/c1-23(2)15-20-13(21-16(22-15)25-3)9-19-14(24)7-4-10-8-11(17)5-6-12(10)18/h4-8H,9H2,1-3H3,(H,19,24)/b7-4+. The highest BCUT2D eigenvalue weighted by Crippen LogP contribution is 2.11. The average Bonchev–Trinajstić information content (AvgIpc) is 2.60. The predicted octanol–water partition coefficient (Wildman–Crippen LogP) is 1.55. The first-order chi connectivity index (χ1) is 11.9. The van der Waals surface area contributed by atoms with Crippen molar-refractivity contribution in [3.63, 3.8) is 0 Å². The molecule has 0 fully saturated rings. The van der Waals surface area contributed by atoms with Gasteiger partial charge in [0.05, 0.1) is 13.7 Å². The van der Waals surface area contributed by atoms with E-state index in [0.29, 0.717) is 11.8 Å². The van der Waals surface area contributed by atoms with Crippen LogP contribution in [0.15, 0.2) is 24.3 Å². The molecule has 2 aromatic rings. The van der Waals surface area contributed by atoms with Gasteiger partial charge in [0.1, 0.15) is 11.6 Å². The second-order valence-electron chi connectivity index (χ2n) is 5.15. The Morgan fingerprint density at radius 1 is 1.28 bits per heavy atom. The fourth-order valence-corrected chi connectivity index (χ4v) is 1.79. The van der Waals surface area contributed by atoms with Gasteiger partial charge in [-0.2, -0.15) is 15.0 Å². The summed E-state index contributed by atoms with van der Waals surface area (Å²) in [7, 11) is 4.94. The number of hydrogen-bond donors (Lipinski definition) is 1. The molecule has 9 heteroatoms. The third-order valence-electron chi connectivity index (χ3n) is 3.03. The molecule has 7 nitrogen and oxygen atoms in total. The van der Waals surface area contributed by atoms with E-state index in [1.165, 1.54) is 13.2 Å². The maximum Gasteiger partial charge on any atom is 0.321 e. The van der Waals surface area contributed by atoms with Gasteiger partial charge in [-0.25, -0.2) is 8.78 Å². The van der Waals surface area contributed by atoms with Crippen LogP contribution in [-0.2, 0) is 11.3 Å². The molecule has 0 aliphatic heterocycles. The number of carbonyl (C=O) groups excluding carboxylic acids is 1. The number of nitrogens with zero attached hydrogens (tertiary/aromatic N) is 4. The zero-order valence-electron chi connectivity index (χ0n) is 14.0. The number of nitrogens with one attached hydrogen (secondary N) is 1. The van der Waals surface area contributed by atoms with Crippen LogP contribution in [0.1, 0.15) is 11.4 Å². The fourth-order valence-electron chi connectivity index (χ4n) is 1.79. The van der Waals surface area contributed by atoms with Crippen molar-refractivity contribution in [1.29, 1.82) is 0 Å². The Labute approximate surface area is 143 Å². The molecule has 1 amide bonds. The Kier molecular flexibility index (Phi) is 5.93. The van der Waals surface area contributed by atoms with E-state index in [-0.39, 0.29) is 18.1 Å². The predicted molar refractivity (Wildman–Crippen MR) is 87.9 cm³/mol.